The molecule has 0 N–H and O–H groups in total. The van der Waals surface area contributed by atoms with Crippen molar-refractivity contribution < 1.29 is 13.2 Å². The molecule has 25 heavy (non-hydrogen) atoms. The van der Waals surface area contributed by atoms with Crippen LogP contribution in [0.3, 0.4) is 0 Å². The SMILES string of the molecule is CCCC1CCC(c2cc3c(c(F)c2F)-c2c-3ccc(C)c2F)CC1. The Morgan fingerprint density at radius 1 is 0.880 bits per heavy atom. The molecule has 2 aliphatic rings. The van der Waals surface area contributed by atoms with E-state index in [4.69, 9.17) is 0 Å². The Balaban J connectivity index is 1.68. The van der Waals surface area contributed by atoms with Crippen LogP contribution >= 0.6 is 0 Å². The van der Waals surface area contributed by atoms with E-state index in [9.17, 15) is 13.2 Å². The van der Waals surface area contributed by atoms with Crippen LogP contribution in [0.15, 0.2) is 18.2 Å². The number of halogens is 3. The Hall–Kier alpha value is -1.77. The smallest absolute Gasteiger partial charge is 0.167 e. The van der Waals surface area contributed by atoms with E-state index in [1.165, 1.54) is 12.8 Å². The molecule has 132 valence electrons. The molecule has 0 saturated heterocycles. The molecule has 0 amide bonds. The molecule has 0 aromatic heterocycles. The summed E-state index contributed by atoms with van der Waals surface area (Å²) < 4.78 is 43.8. The van der Waals surface area contributed by atoms with Crippen molar-refractivity contribution >= 4 is 0 Å². The summed E-state index contributed by atoms with van der Waals surface area (Å²) in [6.45, 7) is 3.83. The van der Waals surface area contributed by atoms with Gasteiger partial charge in [0.05, 0.1) is 0 Å². The molecule has 1 fully saturated rings. The highest BCUT2D eigenvalue weighted by Crippen LogP contribution is 2.53. The van der Waals surface area contributed by atoms with Gasteiger partial charge in [0.1, 0.15) is 5.82 Å². The van der Waals surface area contributed by atoms with Crippen molar-refractivity contribution in [1.82, 2.24) is 0 Å². The van der Waals surface area contributed by atoms with Gasteiger partial charge >= 0.3 is 0 Å². The zero-order chi connectivity index (χ0) is 17.7. The topological polar surface area (TPSA) is 0 Å². The Kier molecular flexibility index (Phi) is 4.13. The zero-order valence-corrected chi connectivity index (χ0v) is 14.8. The van der Waals surface area contributed by atoms with Crippen LogP contribution in [0, 0.1) is 30.3 Å². The first-order chi connectivity index (χ1) is 12.0. The summed E-state index contributed by atoms with van der Waals surface area (Å²) in [4.78, 5) is 0. The maximum Gasteiger partial charge on any atom is 0.167 e. The Morgan fingerprint density at radius 2 is 1.56 bits per heavy atom. The molecule has 0 unspecified atom stereocenters. The summed E-state index contributed by atoms with van der Waals surface area (Å²) in [7, 11) is 0. The van der Waals surface area contributed by atoms with Crippen LogP contribution in [-0.4, -0.2) is 0 Å². The minimum Gasteiger partial charge on any atom is -0.206 e. The summed E-state index contributed by atoms with van der Waals surface area (Å²) in [5, 5.41) is 0. The summed E-state index contributed by atoms with van der Waals surface area (Å²) in [5.74, 6) is -1.29. The third kappa shape index (κ3) is 2.51. The van der Waals surface area contributed by atoms with E-state index in [0.29, 0.717) is 22.3 Å². The third-order valence-corrected chi connectivity index (χ3v) is 6.09. The molecule has 0 heterocycles. The number of hydrogen-bond acceptors (Lipinski definition) is 0. The predicted octanol–water partition coefficient (Wildman–Crippen LogP) is 7.13. The van der Waals surface area contributed by atoms with E-state index in [1.54, 1.807) is 19.1 Å². The van der Waals surface area contributed by atoms with Gasteiger partial charge in [0.15, 0.2) is 11.6 Å². The highest BCUT2D eigenvalue weighted by Gasteiger charge is 2.35. The van der Waals surface area contributed by atoms with Gasteiger partial charge in [-0.05, 0) is 72.8 Å². The summed E-state index contributed by atoms with van der Waals surface area (Å²) in [6, 6.07) is 5.29. The zero-order valence-electron chi connectivity index (χ0n) is 14.8. The fraction of sp³-hybridized carbons (Fsp3) is 0.455. The standard InChI is InChI=1S/C22H23F3/c1-3-4-13-6-8-14(9-7-13)16-11-17-15-10-5-12(2)20(23)18(15)19(17)22(25)21(16)24/h5,10-11,13-14H,3-4,6-9H2,1-2H3. The number of benzene rings is 2. The second-order valence-corrected chi connectivity index (χ2v) is 7.64. The molecule has 0 aliphatic heterocycles. The van der Waals surface area contributed by atoms with Gasteiger partial charge in [-0.25, -0.2) is 13.2 Å². The lowest BCUT2D eigenvalue weighted by atomic mass is 9.73. The van der Waals surface area contributed by atoms with E-state index in [-0.39, 0.29) is 17.0 Å². The molecule has 0 bridgehead atoms. The van der Waals surface area contributed by atoms with Gasteiger partial charge in [-0.1, -0.05) is 31.9 Å². The van der Waals surface area contributed by atoms with E-state index < -0.39 is 17.5 Å². The second kappa shape index (κ2) is 6.19. The highest BCUT2D eigenvalue weighted by molar-refractivity contribution is 6.03. The molecule has 0 radical (unpaired) electrons. The molecule has 3 heteroatoms. The lowest BCUT2D eigenvalue weighted by molar-refractivity contribution is 0.303. The average molecular weight is 344 g/mol. The Labute approximate surface area is 147 Å². The Morgan fingerprint density at radius 3 is 2.24 bits per heavy atom. The number of fused-ring (bicyclic) bond motifs is 4. The fourth-order valence-corrected chi connectivity index (χ4v) is 4.66. The molecule has 4 rings (SSSR count). The molecular weight excluding hydrogens is 321 g/mol. The van der Waals surface area contributed by atoms with Crippen LogP contribution in [0.4, 0.5) is 13.2 Å². The maximum atomic E-state index is 14.7. The van der Waals surface area contributed by atoms with Crippen molar-refractivity contribution in [2.75, 3.05) is 0 Å². The van der Waals surface area contributed by atoms with E-state index in [1.807, 2.05) is 6.07 Å². The van der Waals surface area contributed by atoms with Gasteiger partial charge in [0.25, 0.3) is 0 Å². The lowest BCUT2D eigenvalue weighted by Gasteiger charge is -2.32. The van der Waals surface area contributed by atoms with Crippen LogP contribution in [-0.2, 0) is 0 Å². The molecule has 0 nitrogen and oxygen atoms in total. The number of hydrogen-bond donors (Lipinski definition) is 0. The van der Waals surface area contributed by atoms with Gasteiger partial charge < -0.3 is 0 Å². The molecule has 2 aliphatic carbocycles. The minimum atomic E-state index is -0.875. The largest absolute Gasteiger partial charge is 0.206 e. The van der Waals surface area contributed by atoms with E-state index in [0.717, 1.165) is 31.6 Å². The van der Waals surface area contributed by atoms with Crippen molar-refractivity contribution in [3.05, 3.63) is 46.8 Å². The Bertz CT molecular complexity index is 830. The van der Waals surface area contributed by atoms with Gasteiger partial charge in [-0.3, -0.25) is 0 Å². The maximum absolute atomic E-state index is 14.7. The quantitative estimate of drug-likeness (QED) is 0.474. The molecule has 0 atom stereocenters. The van der Waals surface area contributed by atoms with E-state index in [2.05, 4.69) is 6.92 Å². The van der Waals surface area contributed by atoms with Crippen molar-refractivity contribution in [3.63, 3.8) is 0 Å². The average Bonchev–Trinajstić information content (AvgIpc) is 2.59. The molecule has 2 aromatic rings. The first-order valence-electron chi connectivity index (χ1n) is 9.34. The summed E-state index contributed by atoms with van der Waals surface area (Å²) in [5.41, 5.74) is 2.68. The molecular formula is C22H23F3. The van der Waals surface area contributed by atoms with Crippen LogP contribution in [0.5, 0.6) is 0 Å². The first-order valence-corrected chi connectivity index (χ1v) is 9.34. The highest BCUT2D eigenvalue weighted by atomic mass is 19.2. The molecule has 0 spiro atoms. The third-order valence-electron chi connectivity index (χ3n) is 6.09. The fourth-order valence-electron chi connectivity index (χ4n) is 4.66. The summed E-state index contributed by atoms with van der Waals surface area (Å²) >= 11 is 0. The number of aryl methyl sites for hydroxylation is 1. The summed E-state index contributed by atoms with van der Waals surface area (Å²) in [6.07, 6.45) is 6.39. The van der Waals surface area contributed by atoms with Crippen LogP contribution in [0.25, 0.3) is 22.3 Å². The van der Waals surface area contributed by atoms with Gasteiger partial charge in [0.2, 0.25) is 0 Å². The van der Waals surface area contributed by atoms with Crippen molar-refractivity contribution in [1.29, 1.82) is 0 Å². The van der Waals surface area contributed by atoms with Gasteiger partial charge in [-0.2, -0.15) is 0 Å². The van der Waals surface area contributed by atoms with Gasteiger partial charge in [-0.15, -0.1) is 0 Å². The minimum absolute atomic E-state index is 0.0762. The van der Waals surface area contributed by atoms with Crippen molar-refractivity contribution in [2.45, 2.75) is 58.3 Å². The van der Waals surface area contributed by atoms with Crippen LogP contribution in [0.2, 0.25) is 0 Å². The molecule has 1 saturated carbocycles. The van der Waals surface area contributed by atoms with Crippen LogP contribution in [0.1, 0.15) is 62.5 Å². The first kappa shape index (κ1) is 16.7. The van der Waals surface area contributed by atoms with Crippen molar-refractivity contribution in [3.8, 4) is 22.3 Å². The lowest BCUT2D eigenvalue weighted by Crippen LogP contribution is -2.17. The normalized spacial score (nSPS) is 21.5. The monoisotopic (exact) mass is 344 g/mol. The van der Waals surface area contributed by atoms with E-state index >= 15 is 0 Å². The van der Waals surface area contributed by atoms with Crippen LogP contribution < -0.4 is 0 Å². The second-order valence-electron chi connectivity index (χ2n) is 7.64. The number of rotatable bonds is 3. The van der Waals surface area contributed by atoms with Gasteiger partial charge in [0, 0.05) is 11.1 Å². The van der Waals surface area contributed by atoms with Crippen molar-refractivity contribution in [2.24, 2.45) is 5.92 Å². The predicted molar refractivity (Wildman–Crippen MR) is 95.1 cm³/mol. The molecule has 2 aromatic carbocycles.